The fourth-order valence-corrected chi connectivity index (χ4v) is 6.93. The van der Waals surface area contributed by atoms with Gasteiger partial charge in [-0.15, -0.1) is 11.6 Å². The average molecular weight is 520 g/mol. The molecule has 0 saturated carbocycles. The molecule has 3 aliphatic heterocycles. The highest BCUT2D eigenvalue weighted by molar-refractivity contribution is 8.19. The first-order valence-corrected chi connectivity index (χ1v) is 13.1. The highest BCUT2D eigenvalue weighted by Crippen LogP contribution is 2.37. The van der Waals surface area contributed by atoms with Crippen LogP contribution in [0.4, 0.5) is 22.0 Å². The van der Waals surface area contributed by atoms with Gasteiger partial charge in [0.15, 0.2) is 0 Å². The van der Waals surface area contributed by atoms with E-state index in [9.17, 15) is 22.8 Å². The van der Waals surface area contributed by atoms with Crippen LogP contribution >= 0.6 is 23.4 Å². The number of carbonyl (C=O) groups excluding carboxylic acids is 3. The molecule has 1 atom stereocenters. The quantitative estimate of drug-likeness (QED) is 0.414. The molecule has 13 heteroatoms. The third-order valence-electron chi connectivity index (χ3n) is 5.57. The van der Waals surface area contributed by atoms with Crippen LogP contribution in [0.2, 0.25) is 0 Å². The maximum absolute atomic E-state index is 13.1. The molecule has 0 saturated heterocycles. The molecule has 5 rings (SSSR count). The highest BCUT2D eigenvalue weighted by atomic mass is 35.5. The minimum atomic E-state index is -4.03. The standard InChI is InChI=1S/C21H18ClN5O5S2/c22-16-4-6-19(33-16)34(31,32)26-21(30)25-11-1-5-17(24-10-11)27-18(28)9-14-12-7-8-23-15(12)3-2-13(14)20(27)29/h1-3,5-6,10,16,23H,4,7-9H2,(H2,25,26,30). The number of rotatable bonds is 4. The lowest BCUT2D eigenvalue weighted by molar-refractivity contribution is -0.117. The maximum Gasteiger partial charge on any atom is 0.333 e. The normalized spacial score (nSPS) is 19.3. The Balaban J connectivity index is 1.29. The van der Waals surface area contributed by atoms with Gasteiger partial charge in [0, 0.05) is 17.8 Å². The van der Waals surface area contributed by atoms with Crippen LogP contribution in [-0.4, -0.2) is 42.5 Å². The van der Waals surface area contributed by atoms with Gasteiger partial charge in [-0.25, -0.2) is 27.8 Å². The molecular formula is C21H18ClN5O5S2. The van der Waals surface area contributed by atoms with Gasteiger partial charge in [0.2, 0.25) is 5.91 Å². The number of nitrogens with zero attached hydrogens (tertiary/aromatic N) is 2. The van der Waals surface area contributed by atoms with E-state index in [1.165, 1.54) is 24.4 Å². The van der Waals surface area contributed by atoms with Crippen molar-refractivity contribution in [3.05, 3.63) is 57.5 Å². The number of aromatic nitrogens is 1. The van der Waals surface area contributed by atoms with E-state index in [1.54, 1.807) is 6.07 Å². The summed E-state index contributed by atoms with van der Waals surface area (Å²) in [5.41, 5.74) is 3.35. The van der Waals surface area contributed by atoms with Crippen molar-refractivity contribution < 1.29 is 22.8 Å². The molecule has 1 aromatic heterocycles. The molecule has 4 heterocycles. The number of hydrogen-bond acceptors (Lipinski definition) is 8. The Labute approximate surface area is 204 Å². The second kappa shape index (κ2) is 8.60. The second-order valence-electron chi connectivity index (χ2n) is 7.76. The van der Waals surface area contributed by atoms with E-state index in [-0.39, 0.29) is 22.2 Å². The summed E-state index contributed by atoms with van der Waals surface area (Å²) < 4.78 is 26.0. The summed E-state index contributed by atoms with van der Waals surface area (Å²) in [4.78, 5) is 43.2. The molecule has 176 valence electrons. The first-order chi connectivity index (χ1) is 16.2. The molecule has 2 aromatic rings. The van der Waals surface area contributed by atoms with Crippen LogP contribution in [0.5, 0.6) is 0 Å². The van der Waals surface area contributed by atoms with Crippen LogP contribution in [0, 0.1) is 0 Å². The number of allylic oxidation sites excluding steroid dienone is 1. The summed E-state index contributed by atoms with van der Waals surface area (Å²) in [6, 6.07) is 5.41. The summed E-state index contributed by atoms with van der Waals surface area (Å²) in [5, 5.41) is 5.61. The minimum Gasteiger partial charge on any atom is -0.384 e. The molecular weight excluding hydrogens is 502 g/mol. The molecule has 0 bridgehead atoms. The van der Waals surface area contributed by atoms with Crippen molar-refractivity contribution in [3.8, 4) is 0 Å². The zero-order chi connectivity index (χ0) is 24.0. The number of hydrogen-bond donors (Lipinski definition) is 3. The Morgan fingerprint density at radius 2 is 2.03 bits per heavy atom. The predicted octanol–water partition coefficient (Wildman–Crippen LogP) is 2.77. The monoisotopic (exact) mass is 519 g/mol. The van der Waals surface area contributed by atoms with E-state index in [2.05, 4.69) is 15.6 Å². The number of urea groups is 1. The summed E-state index contributed by atoms with van der Waals surface area (Å²) in [5.74, 6) is -0.744. The van der Waals surface area contributed by atoms with E-state index < -0.39 is 32.6 Å². The number of anilines is 3. The summed E-state index contributed by atoms with van der Waals surface area (Å²) in [6.07, 6.45) is 3.92. The van der Waals surface area contributed by atoms with Crippen LogP contribution in [0.25, 0.3) is 0 Å². The van der Waals surface area contributed by atoms with Crippen molar-refractivity contribution in [3.63, 3.8) is 0 Å². The molecule has 0 spiro atoms. The van der Waals surface area contributed by atoms with Crippen molar-refractivity contribution in [1.82, 2.24) is 9.71 Å². The van der Waals surface area contributed by atoms with E-state index in [4.69, 9.17) is 11.6 Å². The predicted molar refractivity (Wildman–Crippen MR) is 129 cm³/mol. The number of pyridine rings is 1. The first-order valence-electron chi connectivity index (χ1n) is 10.3. The SMILES string of the molecule is O=C(Nc1ccc(N2C(=O)Cc3c(ccc4c3CCN4)C2=O)nc1)NS(=O)(=O)C1=CCC(Cl)S1. The van der Waals surface area contributed by atoms with E-state index >= 15 is 0 Å². The van der Waals surface area contributed by atoms with Gasteiger partial charge in [0.25, 0.3) is 15.9 Å². The van der Waals surface area contributed by atoms with Gasteiger partial charge < -0.3 is 10.6 Å². The van der Waals surface area contributed by atoms with Crippen LogP contribution in [0.15, 0.2) is 40.8 Å². The number of sulfonamides is 1. The Hall–Kier alpha value is -3.09. The number of alkyl halides is 1. The number of amides is 4. The minimum absolute atomic E-state index is 0.0139. The third kappa shape index (κ3) is 4.12. The van der Waals surface area contributed by atoms with Crippen LogP contribution < -0.4 is 20.3 Å². The molecule has 0 aliphatic carbocycles. The van der Waals surface area contributed by atoms with Crippen LogP contribution in [-0.2, 0) is 27.7 Å². The van der Waals surface area contributed by atoms with Crippen LogP contribution in [0.3, 0.4) is 0 Å². The first kappa shape index (κ1) is 22.7. The molecule has 4 amide bonds. The van der Waals surface area contributed by atoms with Gasteiger partial charge in [-0.2, -0.15) is 0 Å². The zero-order valence-electron chi connectivity index (χ0n) is 17.5. The van der Waals surface area contributed by atoms with Gasteiger partial charge in [-0.3, -0.25) is 9.59 Å². The zero-order valence-corrected chi connectivity index (χ0v) is 19.9. The maximum atomic E-state index is 13.1. The van der Waals surface area contributed by atoms with Crippen molar-refractivity contribution in [2.45, 2.75) is 24.0 Å². The van der Waals surface area contributed by atoms with E-state index in [1.807, 2.05) is 10.8 Å². The fourth-order valence-electron chi connectivity index (χ4n) is 4.07. The highest BCUT2D eigenvalue weighted by Gasteiger charge is 2.35. The second-order valence-corrected chi connectivity index (χ2v) is 11.7. The molecule has 0 fully saturated rings. The summed E-state index contributed by atoms with van der Waals surface area (Å²) in [7, 11) is -4.03. The Bertz CT molecular complexity index is 1360. The third-order valence-corrected chi connectivity index (χ3v) is 8.96. The fraction of sp³-hybridized carbons (Fsp3) is 0.238. The van der Waals surface area contributed by atoms with E-state index in [0.717, 1.165) is 46.4 Å². The molecule has 1 aromatic carbocycles. The number of halogens is 1. The van der Waals surface area contributed by atoms with E-state index in [0.29, 0.717) is 12.0 Å². The molecule has 1 unspecified atom stereocenters. The molecule has 3 aliphatic rings. The number of imide groups is 1. The molecule has 0 radical (unpaired) electrons. The lowest BCUT2D eigenvalue weighted by atomic mass is 9.92. The van der Waals surface area contributed by atoms with Crippen molar-refractivity contribution in [2.75, 3.05) is 22.1 Å². The average Bonchev–Trinajstić information content (AvgIpc) is 3.44. The number of benzene rings is 1. The Morgan fingerprint density at radius 1 is 1.21 bits per heavy atom. The summed E-state index contributed by atoms with van der Waals surface area (Å²) in [6.45, 7) is 0.770. The number of carbonyl (C=O) groups is 3. The lowest BCUT2D eigenvalue weighted by Crippen LogP contribution is -2.43. The Morgan fingerprint density at radius 3 is 2.74 bits per heavy atom. The van der Waals surface area contributed by atoms with Gasteiger partial charge >= 0.3 is 6.03 Å². The van der Waals surface area contributed by atoms with Crippen molar-refractivity contribution in [1.29, 1.82) is 0 Å². The molecule has 10 nitrogen and oxygen atoms in total. The van der Waals surface area contributed by atoms with Gasteiger partial charge in [0.05, 0.1) is 23.0 Å². The van der Waals surface area contributed by atoms with Crippen LogP contribution in [0.1, 0.15) is 27.9 Å². The number of fused-ring (bicyclic) bond motifs is 3. The Kier molecular flexibility index (Phi) is 5.74. The van der Waals surface area contributed by atoms with Gasteiger partial charge in [0.1, 0.15) is 10.1 Å². The molecule has 3 N–H and O–H groups in total. The summed E-state index contributed by atoms with van der Waals surface area (Å²) >= 11 is 6.84. The molecule has 34 heavy (non-hydrogen) atoms. The largest absolute Gasteiger partial charge is 0.384 e. The topological polar surface area (TPSA) is 138 Å². The van der Waals surface area contributed by atoms with Crippen molar-refractivity contribution in [2.24, 2.45) is 0 Å². The lowest BCUT2D eigenvalue weighted by Gasteiger charge is -2.27. The number of nitrogens with one attached hydrogen (secondary N) is 3. The van der Waals surface area contributed by atoms with Gasteiger partial charge in [-0.05, 0) is 48.2 Å². The van der Waals surface area contributed by atoms with Gasteiger partial charge in [-0.1, -0.05) is 17.8 Å². The smallest absolute Gasteiger partial charge is 0.333 e. The van der Waals surface area contributed by atoms with Crippen molar-refractivity contribution >= 4 is 68.4 Å². The number of thioether (sulfide) groups is 1.